The fourth-order valence-electron chi connectivity index (χ4n) is 4.02. The van der Waals surface area contributed by atoms with Crippen molar-refractivity contribution in [1.82, 2.24) is 0 Å². The molecule has 1 amide bonds. The van der Waals surface area contributed by atoms with Crippen molar-refractivity contribution in [3.05, 3.63) is 113 Å². The summed E-state index contributed by atoms with van der Waals surface area (Å²) in [6.45, 7) is 1.47. The van der Waals surface area contributed by atoms with Crippen LogP contribution in [0.1, 0.15) is 12.7 Å². The number of fused-ring (bicyclic) bond motifs is 1. The highest BCUT2D eigenvalue weighted by atomic mass is 19.4. The summed E-state index contributed by atoms with van der Waals surface area (Å²) in [6, 6.07) is 25.5. The average molecular weight is 592 g/mol. The number of alkyl halides is 3. The molecule has 220 valence electrons. The largest absolute Gasteiger partial charge is 0.490 e. The lowest BCUT2D eigenvalue weighted by Crippen LogP contribution is -2.20. The molecule has 0 aliphatic heterocycles. The van der Waals surface area contributed by atoms with E-state index in [9.17, 15) is 22.8 Å². The fraction of sp³-hybridized carbons (Fsp3) is 0.125. The molecule has 0 bridgehead atoms. The maximum atomic E-state index is 14.0. The van der Waals surface area contributed by atoms with Gasteiger partial charge in [0.05, 0.1) is 12.0 Å². The number of carbonyl (C=O) groups is 1. The van der Waals surface area contributed by atoms with Crippen LogP contribution in [-0.4, -0.2) is 19.1 Å². The molecule has 5 aromatic rings. The number of hydrogen-bond donors (Lipinski definition) is 1. The summed E-state index contributed by atoms with van der Waals surface area (Å²) in [5.41, 5.74) is -0.953. The predicted octanol–water partition coefficient (Wildman–Crippen LogP) is 7.81. The molecule has 8 nitrogen and oxygen atoms in total. The van der Waals surface area contributed by atoms with Gasteiger partial charge in [-0.15, -0.1) is 0 Å². The Morgan fingerprint density at radius 3 is 2.14 bits per heavy atom. The molecule has 0 saturated carbocycles. The third-order valence-corrected chi connectivity index (χ3v) is 5.93. The molecular weight excluding hydrogens is 567 g/mol. The van der Waals surface area contributed by atoms with Gasteiger partial charge in [0.25, 0.3) is 11.7 Å². The third kappa shape index (κ3) is 7.07. The van der Waals surface area contributed by atoms with Gasteiger partial charge in [0.2, 0.25) is 11.2 Å². The molecule has 4 aromatic carbocycles. The Morgan fingerprint density at radius 2 is 1.44 bits per heavy atom. The minimum absolute atomic E-state index is 0.0147. The second kappa shape index (κ2) is 12.6. The van der Waals surface area contributed by atoms with Gasteiger partial charge >= 0.3 is 6.18 Å². The first-order valence-corrected chi connectivity index (χ1v) is 13.0. The summed E-state index contributed by atoms with van der Waals surface area (Å²) in [4.78, 5) is 25.6. The van der Waals surface area contributed by atoms with Crippen molar-refractivity contribution in [2.24, 2.45) is 0 Å². The number of para-hydroxylation sites is 3. The minimum Gasteiger partial charge on any atom is -0.490 e. The van der Waals surface area contributed by atoms with E-state index in [1.54, 1.807) is 37.3 Å². The highest BCUT2D eigenvalue weighted by Crippen LogP contribution is 2.40. The van der Waals surface area contributed by atoms with Crippen molar-refractivity contribution in [2.45, 2.75) is 13.1 Å². The van der Waals surface area contributed by atoms with E-state index in [1.165, 1.54) is 30.3 Å². The highest BCUT2D eigenvalue weighted by molar-refractivity contribution is 5.92. The van der Waals surface area contributed by atoms with Crippen LogP contribution in [0.25, 0.3) is 11.0 Å². The smallest absolute Gasteiger partial charge is 0.453 e. The zero-order valence-electron chi connectivity index (χ0n) is 22.6. The first-order chi connectivity index (χ1) is 20.7. The molecule has 0 saturated heterocycles. The van der Waals surface area contributed by atoms with Crippen LogP contribution in [-0.2, 0) is 11.0 Å². The van der Waals surface area contributed by atoms with Gasteiger partial charge < -0.3 is 28.7 Å². The van der Waals surface area contributed by atoms with E-state index in [1.807, 2.05) is 30.3 Å². The Bertz CT molecular complexity index is 1790. The molecule has 0 fully saturated rings. The lowest BCUT2D eigenvalue weighted by molar-refractivity contribution is -0.154. The van der Waals surface area contributed by atoms with Crippen molar-refractivity contribution in [1.29, 1.82) is 0 Å². The van der Waals surface area contributed by atoms with Crippen LogP contribution in [0.5, 0.6) is 34.5 Å². The van der Waals surface area contributed by atoms with Gasteiger partial charge in [0, 0.05) is 11.8 Å². The number of nitrogens with one attached hydrogen (secondary N) is 1. The lowest BCUT2D eigenvalue weighted by Gasteiger charge is -2.15. The van der Waals surface area contributed by atoms with Gasteiger partial charge in [0.15, 0.2) is 18.1 Å². The Kier molecular flexibility index (Phi) is 8.51. The molecule has 0 radical (unpaired) electrons. The molecule has 1 N–H and O–H groups in total. The van der Waals surface area contributed by atoms with Crippen LogP contribution >= 0.6 is 0 Å². The number of halogens is 3. The first-order valence-electron chi connectivity index (χ1n) is 13.0. The molecule has 1 aromatic heterocycles. The summed E-state index contributed by atoms with van der Waals surface area (Å²) in [6.07, 6.45) is -5.05. The monoisotopic (exact) mass is 591 g/mol. The Labute approximate surface area is 243 Å². The number of ether oxygens (including phenoxy) is 4. The zero-order valence-corrected chi connectivity index (χ0v) is 22.6. The third-order valence-electron chi connectivity index (χ3n) is 5.93. The summed E-state index contributed by atoms with van der Waals surface area (Å²) in [5, 5.41) is 2.48. The van der Waals surface area contributed by atoms with Gasteiger partial charge in [-0.1, -0.05) is 30.3 Å². The van der Waals surface area contributed by atoms with Crippen molar-refractivity contribution in [2.75, 3.05) is 18.5 Å². The van der Waals surface area contributed by atoms with Gasteiger partial charge in [0.1, 0.15) is 22.8 Å². The standard InChI is InChI=1S/C32H24F3NO7/c1-2-39-25-10-6-7-11-26(25)42-30-29(38)24-17-16-23(18-27(24)43-31(30)32(33,34)35)40-19-28(37)36-20-12-14-22(15-13-20)41-21-8-4-3-5-9-21/h3-18H,2,19H2,1H3,(H,36,37). The molecule has 0 aliphatic carbocycles. The van der Waals surface area contributed by atoms with E-state index in [0.29, 0.717) is 17.2 Å². The second-order valence-corrected chi connectivity index (χ2v) is 9.00. The van der Waals surface area contributed by atoms with Crippen LogP contribution in [0.15, 0.2) is 106 Å². The first kappa shape index (κ1) is 29.1. The average Bonchev–Trinajstić information content (AvgIpc) is 2.99. The van der Waals surface area contributed by atoms with E-state index >= 15 is 0 Å². The van der Waals surface area contributed by atoms with E-state index < -0.39 is 41.2 Å². The van der Waals surface area contributed by atoms with E-state index in [0.717, 1.165) is 6.07 Å². The molecule has 43 heavy (non-hydrogen) atoms. The lowest BCUT2D eigenvalue weighted by atomic mass is 10.2. The molecule has 11 heteroatoms. The molecule has 0 atom stereocenters. The van der Waals surface area contributed by atoms with Gasteiger partial charge in [-0.3, -0.25) is 9.59 Å². The molecule has 0 aliphatic rings. The van der Waals surface area contributed by atoms with Gasteiger partial charge in [-0.2, -0.15) is 13.2 Å². The SMILES string of the molecule is CCOc1ccccc1Oc1c(C(F)(F)F)oc2cc(OCC(=O)Nc3ccc(Oc4ccccc4)cc3)ccc2c1=O. The van der Waals surface area contributed by atoms with E-state index in [-0.39, 0.29) is 29.2 Å². The second-order valence-electron chi connectivity index (χ2n) is 9.00. The summed E-state index contributed by atoms with van der Waals surface area (Å²) in [7, 11) is 0. The topological polar surface area (TPSA) is 96.2 Å². The minimum atomic E-state index is -5.05. The summed E-state index contributed by atoms with van der Waals surface area (Å²) >= 11 is 0. The quantitative estimate of drug-likeness (QED) is 0.177. The number of amides is 1. The van der Waals surface area contributed by atoms with Gasteiger partial charge in [-0.05, 0) is 67.6 Å². The summed E-state index contributed by atoms with van der Waals surface area (Å²) < 4.78 is 69.0. The molecule has 0 spiro atoms. The van der Waals surface area contributed by atoms with Crippen LogP contribution in [0.2, 0.25) is 0 Å². The summed E-state index contributed by atoms with van der Waals surface area (Å²) in [5.74, 6) is -1.83. The van der Waals surface area contributed by atoms with Crippen LogP contribution in [0.3, 0.4) is 0 Å². The van der Waals surface area contributed by atoms with Crippen molar-refractivity contribution in [3.63, 3.8) is 0 Å². The number of anilines is 1. The van der Waals surface area contributed by atoms with Crippen molar-refractivity contribution >= 4 is 22.6 Å². The number of rotatable bonds is 10. The Morgan fingerprint density at radius 1 is 0.791 bits per heavy atom. The maximum absolute atomic E-state index is 14.0. The molecule has 0 unspecified atom stereocenters. The molecular formula is C32H24F3NO7. The van der Waals surface area contributed by atoms with Crippen LogP contribution in [0.4, 0.5) is 18.9 Å². The normalized spacial score (nSPS) is 11.2. The van der Waals surface area contributed by atoms with Gasteiger partial charge in [-0.25, -0.2) is 0 Å². The highest BCUT2D eigenvalue weighted by Gasteiger charge is 2.40. The molecule has 5 rings (SSSR count). The molecule has 1 heterocycles. The van der Waals surface area contributed by atoms with Crippen molar-refractivity contribution in [3.8, 4) is 34.5 Å². The maximum Gasteiger partial charge on any atom is 0.453 e. The number of carbonyl (C=O) groups excluding carboxylic acids is 1. The predicted molar refractivity (Wildman–Crippen MR) is 152 cm³/mol. The number of benzene rings is 4. The Balaban J connectivity index is 1.30. The van der Waals surface area contributed by atoms with Crippen LogP contribution < -0.4 is 29.7 Å². The Hall–Kier alpha value is -5.45. The van der Waals surface area contributed by atoms with Crippen molar-refractivity contribution < 1.29 is 41.3 Å². The number of hydrogen-bond acceptors (Lipinski definition) is 7. The zero-order chi connectivity index (χ0) is 30.4. The van der Waals surface area contributed by atoms with E-state index in [2.05, 4.69) is 5.32 Å². The fourth-order valence-corrected chi connectivity index (χ4v) is 4.02. The van der Waals surface area contributed by atoms with E-state index in [4.69, 9.17) is 23.4 Å². The van der Waals surface area contributed by atoms with Crippen LogP contribution in [0, 0.1) is 0 Å².